The van der Waals surface area contributed by atoms with Gasteiger partial charge >= 0.3 is 0 Å². The monoisotopic (exact) mass is 406 g/mol. The van der Waals surface area contributed by atoms with Gasteiger partial charge in [-0.25, -0.2) is 0 Å². The summed E-state index contributed by atoms with van der Waals surface area (Å²) in [6.45, 7) is 1.97. The van der Waals surface area contributed by atoms with Gasteiger partial charge in [-0.05, 0) is 58.6 Å². The highest BCUT2D eigenvalue weighted by Crippen LogP contribution is 2.24. The first kappa shape index (κ1) is 18.9. The molecule has 1 amide bonds. The minimum Gasteiger partial charge on any atom is -0.484 e. The number of hydrogen-bond acceptors (Lipinski definition) is 4. The van der Waals surface area contributed by atoms with Crippen LogP contribution in [0.5, 0.6) is 5.75 Å². The summed E-state index contributed by atoms with van der Waals surface area (Å²) in [5.41, 5.74) is 1.87. The summed E-state index contributed by atoms with van der Waals surface area (Å²) < 4.78 is 6.17. The fourth-order valence-electron chi connectivity index (χ4n) is 2.20. The van der Waals surface area contributed by atoms with Crippen LogP contribution in [0.4, 0.5) is 11.4 Å². The molecule has 0 fully saturated rings. The number of amides is 1. The van der Waals surface area contributed by atoms with Gasteiger partial charge in [0.1, 0.15) is 5.75 Å². The van der Waals surface area contributed by atoms with Crippen LogP contribution in [0.2, 0.25) is 0 Å². The summed E-state index contributed by atoms with van der Waals surface area (Å²) >= 11 is 3.47. The Kier molecular flexibility index (Phi) is 6.94. The Morgan fingerprint density at radius 3 is 2.56 bits per heavy atom. The molecule has 0 radical (unpaired) electrons. The molecule has 0 heterocycles. The summed E-state index contributed by atoms with van der Waals surface area (Å²) in [5.74, 6) is 0.0927. The number of nitrogens with zero attached hydrogens (tertiary/aromatic N) is 1. The van der Waals surface area contributed by atoms with Crippen molar-refractivity contribution in [2.24, 2.45) is 0 Å². The summed E-state index contributed by atoms with van der Waals surface area (Å²) in [6, 6.07) is 11.4. The van der Waals surface area contributed by atoms with Gasteiger partial charge in [-0.15, -0.1) is 0 Å². The van der Waals surface area contributed by atoms with Crippen LogP contribution in [-0.2, 0) is 11.2 Å². The first-order valence-electron chi connectivity index (χ1n) is 7.95. The predicted octanol–water partition coefficient (Wildman–Crippen LogP) is 4.72. The number of carbonyl (C=O) groups is 1. The van der Waals surface area contributed by atoms with Crippen molar-refractivity contribution >= 4 is 33.2 Å². The first-order chi connectivity index (χ1) is 12.0. The molecular formula is C18H19BrN2O4. The van der Waals surface area contributed by atoms with Gasteiger partial charge in [-0.2, -0.15) is 0 Å². The zero-order chi connectivity index (χ0) is 18.2. The second-order valence-corrected chi connectivity index (χ2v) is 6.36. The number of ether oxygens (including phenoxy) is 1. The largest absolute Gasteiger partial charge is 0.484 e. The van der Waals surface area contributed by atoms with Crippen LogP contribution >= 0.6 is 15.9 Å². The first-order valence-corrected chi connectivity index (χ1v) is 8.74. The Hall–Kier alpha value is -2.41. The van der Waals surface area contributed by atoms with Crippen LogP contribution in [0.25, 0.3) is 0 Å². The summed E-state index contributed by atoms with van der Waals surface area (Å²) in [5, 5.41) is 13.4. The average Bonchev–Trinajstić information content (AvgIpc) is 2.60. The van der Waals surface area contributed by atoms with Crippen molar-refractivity contribution in [3.05, 3.63) is 62.6 Å². The highest BCUT2D eigenvalue weighted by molar-refractivity contribution is 9.10. The third-order valence-electron chi connectivity index (χ3n) is 3.54. The van der Waals surface area contributed by atoms with Gasteiger partial charge in [0.2, 0.25) is 0 Å². The highest BCUT2D eigenvalue weighted by atomic mass is 79.9. The molecule has 0 aliphatic heterocycles. The molecule has 2 rings (SSSR count). The van der Waals surface area contributed by atoms with E-state index in [1.165, 1.54) is 29.8 Å². The highest BCUT2D eigenvalue weighted by Gasteiger charge is 2.09. The Labute approximate surface area is 154 Å². The van der Waals surface area contributed by atoms with E-state index in [2.05, 4.69) is 28.2 Å². The maximum absolute atomic E-state index is 12.0. The third kappa shape index (κ3) is 5.86. The minimum atomic E-state index is -0.488. The molecule has 0 saturated heterocycles. The molecule has 6 nitrogen and oxygen atoms in total. The maximum atomic E-state index is 12.0. The van der Waals surface area contributed by atoms with Crippen molar-refractivity contribution in [3.63, 3.8) is 0 Å². The Balaban J connectivity index is 1.88. The van der Waals surface area contributed by atoms with E-state index in [9.17, 15) is 14.9 Å². The quantitative estimate of drug-likeness (QED) is 0.507. The summed E-state index contributed by atoms with van der Waals surface area (Å²) in [6.07, 6.45) is 3.27. The van der Waals surface area contributed by atoms with Crippen LogP contribution in [0.1, 0.15) is 25.3 Å². The van der Waals surface area contributed by atoms with Gasteiger partial charge in [0.25, 0.3) is 11.6 Å². The van der Waals surface area contributed by atoms with E-state index in [0.29, 0.717) is 11.4 Å². The smallest absolute Gasteiger partial charge is 0.269 e. The molecule has 0 aromatic heterocycles. The molecule has 2 aromatic carbocycles. The number of aryl methyl sites for hydroxylation is 1. The van der Waals surface area contributed by atoms with Crippen molar-refractivity contribution in [1.82, 2.24) is 0 Å². The van der Waals surface area contributed by atoms with Gasteiger partial charge in [-0.1, -0.05) is 19.4 Å². The lowest BCUT2D eigenvalue weighted by atomic mass is 10.1. The molecule has 7 heteroatoms. The zero-order valence-electron chi connectivity index (χ0n) is 13.8. The van der Waals surface area contributed by atoms with Crippen LogP contribution in [0.3, 0.4) is 0 Å². The van der Waals surface area contributed by atoms with E-state index in [-0.39, 0.29) is 18.2 Å². The molecule has 0 bridgehead atoms. The SMILES string of the molecule is CCCCc1ccc(NC(=O)COc2ccc([N+](=O)[O-])cc2)c(Br)c1. The number of nitrogens with one attached hydrogen (secondary N) is 1. The molecule has 1 N–H and O–H groups in total. The van der Waals surface area contributed by atoms with Crippen molar-refractivity contribution in [1.29, 1.82) is 0 Å². The zero-order valence-corrected chi connectivity index (χ0v) is 15.4. The third-order valence-corrected chi connectivity index (χ3v) is 4.20. The van der Waals surface area contributed by atoms with Crippen LogP contribution in [-0.4, -0.2) is 17.4 Å². The minimum absolute atomic E-state index is 0.0242. The van der Waals surface area contributed by atoms with Crippen LogP contribution in [0, 0.1) is 10.1 Å². The van der Waals surface area contributed by atoms with E-state index in [4.69, 9.17) is 4.74 Å². The summed E-state index contributed by atoms with van der Waals surface area (Å²) in [4.78, 5) is 22.1. The number of anilines is 1. The van der Waals surface area contributed by atoms with E-state index in [1.807, 2.05) is 18.2 Å². The maximum Gasteiger partial charge on any atom is 0.269 e. The normalized spacial score (nSPS) is 10.3. The van der Waals surface area contributed by atoms with Crippen molar-refractivity contribution < 1.29 is 14.5 Å². The lowest BCUT2D eigenvalue weighted by molar-refractivity contribution is -0.384. The van der Waals surface area contributed by atoms with Crippen molar-refractivity contribution in [2.45, 2.75) is 26.2 Å². The standard InChI is InChI=1S/C18H19BrN2O4/c1-2-3-4-13-5-10-17(16(19)11-13)20-18(22)12-25-15-8-6-14(7-9-15)21(23)24/h5-11H,2-4,12H2,1H3,(H,20,22). The molecule has 2 aromatic rings. The van der Waals surface area contributed by atoms with Gasteiger partial charge in [-0.3, -0.25) is 14.9 Å². The van der Waals surface area contributed by atoms with Crippen molar-refractivity contribution in [3.8, 4) is 5.75 Å². The summed E-state index contributed by atoms with van der Waals surface area (Å²) in [7, 11) is 0. The second-order valence-electron chi connectivity index (χ2n) is 5.51. The van der Waals surface area contributed by atoms with Crippen molar-refractivity contribution in [2.75, 3.05) is 11.9 Å². The topological polar surface area (TPSA) is 81.5 Å². The number of rotatable bonds is 8. The van der Waals surface area contributed by atoms with Gasteiger partial charge in [0, 0.05) is 16.6 Å². The molecule has 0 saturated carbocycles. The number of nitro benzene ring substituents is 1. The Morgan fingerprint density at radius 1 is 1.24 bits per heavy atom. The van der Waals surface area contributed by atoms with Gasteiger partial charge in [0.15, 0.2) is 6.61 Å². The molecule has 0 atom stereocenters. The number of carbonyl (C=O) groups excluding carboxylic acids is 1. The lowest BCUT2D eigenvalue weighted by Gasteiger charge is -2.10. The number of benzene rings is 2. The average molecular weight is 407 g/mol. The van der Waals surface area contributed by atoms with Gasteiger partial charge in [0.05, 0.1) is 10.6 Å². The molecular weight excluding hydrogens is 388 g/mol. The van der Waals surface area contributed by atoms with E-state index in [0.717, 1.165) is 23.7 Å². The molecule has 25 heavy (non-hydrogen) atoms. The van der Waals surface area contributed by atoms with Crippen LogP contribution in [0.15, 0.2) is 46.9 Å². The Morgan fingerprint density at radius 2 is 1.96 bits per heavy atom. The fraction of sp³-hybridized carbons (Fsp3) is 0.278. The number of unbranched alkanes of at least 4 members (excludes halogenated alkanes) is 1. The molecule has 132 valence electrons. The number of hydrogen-bond donors (Lipinski definition) is 1. The van der Waals surface area contributed by atoms with E-state index < -0.39 is 4.92 Å². The lowest BCUT2D eigenvalue weighted by Crippen LogP contribution is -2.20. The number of halogens is 1. The van der Waals surface area contributed by atoms with E-state index >= 15 is 0 Å². The molecule has 0 spiro atoms. The van der Waals surface area contributed by atoms with Gasteiger partial charge < -0.3 is 10.1 Å². The molecule has 0 aliphatic rings. The number of non-ortho nitro benzene ring substituents is 1. The van der Waals surface area contributed by atoms with Crippen LogP contribution < -0.4 is 10.1 Å². The molecule has 0 unspecified atom stereocenters. The number of nitro groups is 1. The second kappa shape index (κ2) is 9.17. The Bertz CT molecular complexity index is 747. The van der Waals surface area contributed by atoms with E-state index in [1.54, 1.807) is 0 Å². The molecule has 0 aliphatic carbocycles. The fourth-order valence-corrected chi connectivity index (χ4v) is 2.72. The predicted molar refractivity (Wildman–Crippen MR) is 100.0 cm³/mol.